The molecule has 0 atom stereocenters. The molecule has 1 aliphatic rings. The van der Waals surface area contributed by atoms with E-state index in [0.29, 0.717) is 61.1 Å². The summed E-state index contributed by atoms with van der Waals surface area (Å²) in [7, 11) is 0. The predicted molar refractivity (Wildman–Crippen MR) is 122 cm³/mol. The number of carboxylic acid groups (broad SMARTS) is 1. The molecule has 3 rings (SSSR count). The van der Waals surface area contributed by atoms with Crippen LogP contribution in [0, 0.1) is 5.92 Å². The molecule has 2 aromatic rings. The summed E-state index contributed by atoms with van der Waals surface area (Å²) in [4.78, 5) is 25.2. The highest BCUT2D eigenvalue weighted by Crippen LogP contribution is 2.36. The van der Waals surface area contributed by atoms with Crippen LogP contribution in [0.25, 0.3) is 11.1 Å². The van der Waals surface area contributed by atoms with E-state index in [1.54, 1.807) is 18.2 Å². The maximum atomic E-state index is 13.3. The van der Waals surface area contributed by atoms with Gasteiger partial charge in [-0.25, -0.2) is 4.79 Å². The molecule has 0 saturated heterocycles. The van der Waals surface area contributed by atoms with Gasteiger partial charge in [0.15, 0.2) is 0 Å². The van der Waals surface area contributed by atoms with Crippen LogP contribution in [0.4, 0.5) is 13.2 Å². The van der Waals surface area contributed by atoms with Crippen molar-refractivity contribution in [3.05, 3.63) is 59.2 Å². The van der Waals surface area contributed by atoms with Crippen molar-refractivity contribution in [3.63, 3.8) is 0 Å². The fourth-order valence-electron chi connectivity index (χ4n) is 4.60. The third-order valence-corrected chi connectivity index (χ3v) is 6.78. The quantitative estimate of drug-likeness (QED) is 0.472. The smallest absolute Gasteiger partial charge is 0.416 e. The van der Waals surface area contributed by atoms with Crippen molar-refractivity contribution in [3.8, 4) is 11.1 Å². The van der Waals surface area contributed by atoms with E-state index in [-0.39, 0.29) is 12.2 Å². The molecule has 1 amide bonds. The van der Waals surface area contributed by atoms with Crippen LogP contribution in [0.5, 0.6) is 0 Å². The number of hydrogen-bond acceptors (Lipinski definition) is 3. The van der Waals surface area contributed by atoms with Gasteiger partial charge >= 0.3 is 12.1 Å². The minimum absolute atomic E-state index is 0.0792. The molecule has 1 aliphatic carbocycles. The molecule has 0 aromatic heterocycles. The number of aliphatic carboxylic acids is 1. The van der Waals surface area contributed by atoms with Crippen molar-refractivity contribution in [2.75, 3.05) is 6.61 Å². The van der Waals surface area contributed by atoms with Gasteiger partial charge in [0, 0.05) is 12.2 Å². The summed E-state index contributed by atoms with van der Waals surface area (Å²) in [6, 6.07) is 9.57. The Balaban J connectivity index is 1.95. The molecule has 0 radical (unpaired) electrons. The number of benzene rings is 2. The number of nitrogens with one attached hydrogen (secondary N) is 1. The van der Waals surface area contributed by atoms with Crippen LogP contribution in [0.3, 0.4) is 0 Å². The Morgan fingerprint density at radius 3 is 2.41 bits per heavy atom. The molecule has 2 aromatic carbocycles. The van der Waals surface area contributed by atoms with E-state index in [0.717, 1.165) is 18.6 Å². The van der Waals surface area contributed by atoms with Crippen molar-refractivity contribution in [1.82, 2.24) is 5.32 Å². The van der Waals surface area contributed by atoms with Crippen molar-refractivity contribution in [2.24, 2.45) is 5.92 Å². The normalized spacial score (nSPS) is 20.7. The van der Waals surface area contributed by atoms with Crippen molar-refractivity contribution in [1.29, 1.82) is 0 Å². The lowest BCUT2D eigenvalue weighted by Crippen LogP contribution is -2.56. The standard InChI is InChI=1S/C26H30F3NO4/c1-2-17-10-12-25(13-11-17,24(33)34)30-23(32)20-9-8-18(6-4-14-31)22(16-20)19-5-3-7-21(15-19)26(27,28)29/h3,5,7-9,15-17,31H,2,4,6,10-14H2,1H3,(H,30,32)(H,33,34)/t17-,25-. The van der Waals surface area contributed by atoms with Gasteiger partial charge in [-0.05, 0) is 85.4 Å². The first-order chi connectivity index (χ1) is 16.1. The summed E-state index contributed by atoms with van der Waals surface area (Å²) in [5, 5.41) is 21.8. The van der Waals surface area contributed by atoms with Crippen LogP contribution in [-0.4, -0.2) is 34.2 Å². The minimum Gasteiger partial charge on any atom is -0.480 e. The summed E-state index contributed by atoms with van der Waals surface area (Å²) in [5.74, 6) is -1.21. The van der Waals surface area contributed by atoms with E-state index in [1.165, 1.54) is 12.1 Å². The average Bonchev–Trinajstić information content (AvgIpc) is 2.82. The molecule has 5 nitrogen and oxygen atoms in total. The highest BCUT2D eigenvalue weighted by atomic mass is 19.4. The van der Waals surface area contributed by atoms with E-state index in [4.69, 9.17) is 0 Å². The van der Waals surface area contributed by atoms with E-state index in [9.17, 15) is 33.0 Å². The molecule has 3 N–H and O–H groups in total. The SMILES string of the molecule is CC[C@H]1CC[C@@](NC(=O)c2ccc(CCCO)c(-c3cccc(C(F)(F)F)c3)c2)(C(=O)O)CC1. The van der Waals surface area contributed by atoms with Crippen molar-refractivity contribution in [2.45, 2.75) is 63.6 Å². The Hall–Kier alpha value is -2.87. The second-order valence-corrected chi connectivity index (χ2v) is 8.97. The molecular weight excluding hydrogens is 447 g/mol. The van der Waals surface area contributed by atoms with Gasteiger partial charge < -0.3 is 15.5 Å². The zero-order valence-electron chi connectivity index (χ0n) is 19.1. The van der Waals surface area contributed by atoms with E-state index in [2.05, 4.69) is 12.2 Å². The average molecular weight is 478 g/mol. The van der Waals surface area contributed by atoms with Crippen LogP contribution in [-0.2, 0) is 17.4 Å². The molecule has 1 fully saturated rings. The Morgan fingerprint density at radius 2 is 1.82 bits per heavy atom. The van der Waals surface area contributed by atoms with Gasteiger partial charge in [-0.15, -0.1) is 0 Å². The van der Waals surface area contributed by atoms with E-state index < -0.39 is 29.2 Å². The molecular formula is C26H30F3NO4. The molecule has 34 heavy (non-hydrogen) atoms. The fourth-order valence-corrected chi connectivity index (χ4v) is 4.60. The molecule has 0 spiro atoms. The molecule has 184 valence electrons. The number of rotatable bonds is 8. The molecule has 1 saturated carbocycles. The van der Waals surface area contributed by atoms with Crippen LogP contribution in [0.15, 0.2) is 42.5 Å². The summed E-state index contributed by atoms with van der Waals surface area (Å²) >= 11 is 0. The molecule has 8 heteroatoms. The zero-order chi connectivity index (χ0) is 24.9. The van der Waals surface area contributed by atoms with Crippen LogP contribution in [0.2, 0.25) is 0 Å². The first-order valence-corrected chi connectivity index (χ1v) is 11.6. The van der Waals surface area contributed by atoms with Crippen molar-refractivity contribution >= 4 is 11.9 Å². The maximum absolute atomic E-state index is 13.3. The highest BCUT2D eigenvalue weighted by Gasteiger charge is 2.43. The number of aliphatic hydroxyl groups excluding tert-OH is 1. The highest BCUT2D eigenvalue weighted by molar-refractivity contribution is 5.99. The number of amides is 1. The monoisotopic (exact) mass is 477 g/mol. The summed E-state index contributed by atoms with van der Waals surface area (Å²) in [6.07, 6.45) is -0.638. The third kappa shape index (κ3) is 5.78. The van der Waals surface area contributed by atoms with E-state index >= 15 is 0 Å². The Kier molecular flexibility index (Phi) is 8.02. The first kappa shape index (κ1) is 25.7. The number of aryl methyl sites for hydroxylation is 1. The molecule has 0 unspecified atom stereocenters. The van der Waals surface area contributed by atoms with Gasteiger partial charge in [-0.2, -0.15) is 13.2 Å². The molecule has 0 bridgehead atoms. The number of aliphatic hydroxyl groups is 1. The Morgan fingerprint density at radius 1 is 1.12 bits per heavy atom. The number of hydrogen-bond donors (Lipinski definition) is 3. The number of carbonyl (C=O) groups is 2. The van der Waals surface area contributed by atoms with Gasteiger partial charge in [0.05, 0.1) is 5.56 Å². The van der Waals surface area contributed by atoms with Crippen LogP contribution in [0.1, 0.15) is 66.9 Å². The van der Waals surface area contributed by atoms with Gasteiger partial charge in [-0.3, -0.25) is 4.79 Å². The lowest BCUT2D eigenvalue weighted by molar-refractivity contribution is -0.146. The van der Waals surface area contributed by atoms with Gasteiger partial charge in [0.25, 0.3) is 5.91 Å². The van der Waals surface area contributed by atoms with Gasteiger partial charge in [0.2, 0.25) is 0 Å². The van der Waals surface area contributed by atoms with Gasteiger partial charge in [0.1, 0.15) is 5.54 Å². The second kappa shape index (κ2) is 10.6. The van der Waals surface area contributed by atoms with Crippen LogP contribution < -0.4 is 5.32 Å². The van der Waals surface area contributed by atoms with Gasteiger partial charge in [-0.1, -0.05) is 31.5 Å². The van der Waals surface area contributed by atoms with Crippen LogP contribution >= 0.6 is 0 Å². The Bertz CT molecular complexity index is 1030. The largest absolute Gasteiger partial charge is 0.480 e. The molecule has 0 aliphatic heterocycles. The third-order valence-electron chi connectivity index (χ3n) is 6.78. The number of carboxylic acids is 1. The summed E-state index contributed by atoms with van der Waals surface area (Å²) in [5.41, 5.74) is -0.528. The second-order valence-electron chi connectivity index (χ2n) is 8.97. The number of halogens is 3. The summed E-state index contributed by atoms with van der Waals surface area (Å²) < 4.78 is 39.8. The maximum Gasteiger partial charge on any atom is 0.416 e. The number of alkyl halides is 3. The van der Waals surface area contributed by atoms with E-state index in [1.807, 2.05) is 0 Å². The van der Waals surface area contributed by atoms with Crippen molar-refractivity contribution < 1.29 is 33.0 Å². The first-order valence-electron chi connectivity index (χ1n) is 11.6. The predicted octanol–water partition coefficient (Wildman–Crippen LogP) is 5.45. The molecule has 0 heterocycles. The number of carbonyl (C=O) groups excluding carboxylic acids is 1. The Labute approximate surface area is 197 Å². The lowest BCUT2D eigenvalue weighted by atomic mass is 9.75. The summed E-state index contributed by atoms with van der Waals surface area (Å²) in [6.45, 7) is 1.98. The minimum atomic E-state index is -4.51. The lowest BCUT2D eigenvalue weighted by Gasteiger charge is -2.37. The fraction of sp³-hybridized carbons (Fsp3) is 0.462. The zero-order valence-corrected chi connectivity index (χ0v) is 19.1. The topological polar surface area (TPSA) is 86.6 Å².